The zero-order chi connectivity index (χ0) is 26.1. The van der Waals surface area contributed by atoms with Crippen LogP contribution >= 0.6 is 0 Å². The second-order valence-corrected chi connectivity index (χ2v) is 8.84. The van der Waals surface area contributed by atoms with Crippen LogP contribution in [-0.2, 0) is 16.0 Å². The quantitative estimate of drug-likeness (QED) is 0.368. The van der Waals surface area contributed by atoms with Gasteiger partial charge in [-0.2, -0.15) is 0 Å². The number of methoxy groups -OCH3 is 3. The zero-order valence-electron chi connectivity index (χ0n) is 21.9. The average Bonchev–Trinajstić information content (AvgIpc) is 2.90. The predicted molar refractivity (Wildman–Crippen MR) is 140 cm³/mol. The molecular weight excluding hydrogens is 456 g/mol. The van der Waals surface area contributed by atoms with Crippen LogP contribution in [0.1, 0.15) is 38.2 Å². The van der Waals surface area contributed by atoms with Crippen LogP contribution in [0.5, 0.6) is 17.2 Å². The van der Waals surface area contributed by atoms with Crippen LogP contribution in [0.2, 0.25) is 0 Å². The Morgan fingerprint density at radius 2 is 1.58 bits per heavy atom. The molecule has 0 spiro atoms. The standard InChI is InChI=1S/C29H36N2O5/c1-6-7-8-9-10-11-16-31-20-27(32)30(2)24(29(31)33)17-21-12-14-22(15-13-21)23-18-25(34-3)28(36-5)26(19-23)35-4/h12-15,18-19,24H,6-9,16-17,20H2,1-5H3/t24-/m0/s1. The van der Waals surface area contributed by atoms with Gasteiger partial charge in [-0.05, 0) is 35.2 Å². The minimum atomic E-state index is -0.542. The fourth-order valence-corrected chi connectivity index (χ4v) is 4.27. The van der Waals surface area contributed by atoms with Gasteiger partial charge in [0.15, 0.2) is 11.5 Å². The van der Waals surface area contributed by atoms with Crippen molar-refractivity contribution in [1.82, 2.24) is 9.80 Å². The van der Waals surface area contributed by atoms with Crippen molar-refractivity contribution < 1.29 is 23.8 Å². The second-order valence-electron chi connectivity index (χ2n) is 8.84. The Morgan fingerprint density at radius 1 is 0.917 bits per heavy atom. The summed E-state index contributed by atoms with van der Waals surface area (Å²) in [6, 6.07) is 11.2. The fraction of sp³-hybridized carbons (Fsp3) is 0.448. The number of benzene rings is 2. The van der Waals surface area contributed by atoms with E-state index in [1.165, 1.54) is 0 Å². The Balaban J connectivity index is 1.73. The van der Waals surface area contributed by atoms with Crippen molar-refractivity contribution in [2.24, 2.45) is 0 Å². The van der Waals surface area contributed by atoms with Crippen molar-refractivity contribution in [2.75, 3.05) is 41.5 Å². The molecule has 1 aliphatic rings. The van der Waals surface area contributed by atoms with E-state index in [2.05, 4.69) is 18.8 Å². The van der Waals surface area contributed by atoms with Crippen LogP contribution in [0.25, 0.3) is 11.1 Å². The lowest BCUT2D eigenvalue weighted by Gasteiger charge is -2.37. The van der Waals surface area contributed by atoms with E-state index in [9.17, 15) is 9.59 Å². The molecule has 7 heteroatoms. The van der Waals surface area contributed by atoms with E-state index >= 15 is 0 Å². The van der Waals surface area contributed by atoms with Gasteiger partial charge in [0.2, 0.25) is 17.6 Å². The lowest BCUT2D eigenvalue weighted by atomic mass is 9.98. The monoisotopic (exact) mass is 492 g/mol. The molecule has 1 atom stereocenters. The molecule has 192 valence electrons. The number of unbranched alkanes of at least 4 members (excludes halogenated alkanes) is 3. The number of carbonyl (C=O) groups excluding carboxylic acids is 2. The molecule has 1 heterocycles. The van der Waals surface area contributed by atoms with Gasteiger partial charge < -0.3 is 24.0 Å². The predicted octanol–water partition coefficient (Wildman–Crippen LogP) is 4.17. The van der Waals surface area contributed by atoms with Gasteiger partial charge in [0.25, 0.3) is 0 Å². The third-order valence-electron chi connectivity index (χ3n) is 6.47. The summed E-state index contributed by atoms with van der Waals surface area (Å²) in [5, 5.41) is 0. The van der Waals surface area contributed by atoms with Gasteiger partial charge in [-0.15, -0.1) is 5.92 Å². The molecule has 1 saturated heterocycles. The molecule has 0 saturated carbocycles. The molecule has 0 radical (unpaired) electrons. The maximum absolute atomic E-state index is 13.2. The third kappa shape index (κ3) is 6.31. The topological polar surface area (TPSA) is 68.3 Å². The van der Waals surface area contributed by atoms with Crippen LogP contribution in [0.15, 0.2) is 36.4 Å². The molecule has 2 amide bonds. The van der Waals surface area contributed by atoms with Crippen molar-refractivity contribution in [3.8, 4) is 40.2 Å². The molecule has 0 N–H and O–H groups in total. The molecule has 7 nitrogen and oxygen atoms in total. The molecule has 3 rings (SSSR count). The molecular formula is C29H36N2O5. The van der Waals surface area contributed by atoms with Crippen molar-refractivity contribution in [1.29, 1.82) is 0 Å². The Morgan fingerprint density at radius 3 is 2.17 bits per heavy atom. The summed E-state index contributed by atoms with van der Waals surface area (Å²) in [7, 11) is 6.45. The average molecular weight is 493 g/mol. The highest BCUT2D eigenvalue weighted by atomic mass is 16.5. The van der Waals surface area contributed by atoms with E-state index in [-0.39, 0.29) is 18.4 Å². The number of piperazine rings is 1. The van der Waals surface area contributed by atoms with E-state index in [0.717, 1.165) is 42.4 Å². The summed E-state index contributed by atoms with van der Waals surface area (Å²) in [6.07, 6.45) is 4.63. The normalized spacial score (nSPS) is 15.4. The Kier molecular flexibility index (Phi) is 9.63. The fourth-order valence-electron chi connectivity index (χ4n) is 4.27. The van der Waals surface area contributed by atoms with E-state index in [1.54, 1.807) is 38.2 Å². The summed E-state index contributed by atoms with van der Waals surface area (Å²) in [5.41, 5.74) is 2.86. The summed E-state index contributed by atoms with van der Waals surface area (Å²) in [4.78, 5) is 28.9. The van der Waals surface area contributed by atoms with Crippen LogP contribution in [0.3, 0.4) is 0 Å². The van der Waals surface area contributed by atoms with Gasteiger partial charge in [-0.3, -0.25) is 9.59 Å². The number of ether oxygens (including phenoxy) is 3. The maximum atomic E-state index is 13.2. The van der Waals surface area contributed by atoms with E-state index in [1.807, 2.05) is 36.4 Å². The molecule has 0 aromatic heterocycles. The number of amides is 2. The van der Waals surface area contributed by atoms with Gasteiger partial charge in [0.05, 0.1) is 27.9 Å². The van der Waals surface area contributed by atoms with Crippen molar-refractivity contribution in [3.63, 3.8) is 0 Å². The van der Waals surface area contributed by atoms with E-state index < -0.39 is 6.04 Å². The first-order valence-electron chi connectivity index (χ1n) is 12.3. The molecule has 0 unspecified atom stereocenters. The van der Waals surface area contributed by atoms with Crippen LogP contribution in [-0.4, -0.2) is 69.1 Å². The Bertz CT molecular complexity index is 1090. The largest absolute Gasteiger partial charge is 0.493 e. The lowest BCUT2D eigenvalue weighted by Crippen LogP contribution is -2.59. The molecule has 36 heavy (non-hydrogen) atoms. The Hall–Kier alpha value is -3.66. The van der Waals surface area contributed by atoms with Crippen LogP contribution < -0.4 is 14.2 Å². The highest BCUT2D eigenvalue weighted by Gasteiger charge is 2.36. The highest BCUT2D eigenvalue weighted by Crippen LogP contribution is 2.41. The molecule has 2 aromatic rings. The first-order chi connectivity index (χ1) is 17.4. The second kappa shape index (κ2) is 12.9. The lowest BCUT2D eigenvalue weighted by molar-refractivity contribution is -0.153. The molecule has 2 aromatic carbocycles. The molecule has 1 fully saturated rings. The number of nitrogens with zero attached hydrogens (tertiary/aromatic N) is 2. The summed E-state index contributed by atoms with van der Waals surface area (Å²) in [5.74, 6) is 7.77. The van der Waals surface area contributed by atoms with Gasteiger partial charge >= 0.3 is 0 Å². The van der Waals surface area contributed by atoms with E-state index in [0.29, 0.717) is 30.2 Å². The number of likely N-dealkylation sites (N-methyl/N-ethyl adjacent to an activating group) is 1. The maximum Gasteiger partial charge on any atom is 0.246 e. The number of hydrogen-bond acceptors (Lipinski definition) is 5. The summed E-state index contributed by atoms with van der Waals surface area (Å²) < 4.78 is 16.3. The first-order valence-corrected chi connectivity index (χ1v) is 12.3. The summed E-state index contributed by atoms with van der Waals surface area (Å²) in [6.45, 7) is 2.53. The number of hydrogen-bond donors (Lipinski definition) is 0. The smallest absolute Gasteiger partial charge is 0.246 e. The van der Waals surface area contributed by atoms with Crippen molar-refractivity contribution in [3.05, 3.63) is 42.0 Å². The van der Waals surface area contributed by atoms with Gasteiger partial charge in [-0.1, -0.05) is 50.0 Å². The Labute approximate surface area is 214 Å². The molecule has 0 bridgehead atoms. The number of carbonyl (C=O) groups is 2. The van der Waals surface area contributed by atoms with Gasteiger partial charge in [0, 0.05) is 19.9 Å². The van der Waals surface area contributed by atoms with Crippen LogP contribution in [0, 0.1) is 11.8 Å². The van der Waals surface area contributed by atoms with Crippen LogP contribution in [0.4, 0.5) is 0 Å². The van der Waals surface area contributed by atoms with E-state index in [4.69, 9.17) is 14.2 Å². The van der Waals surface area contributed by atoms with Crippen molar-refractivity contribution in [2.45, 2.75) is 45.1 Å². The minimum Gasteiger partial charge on any atom is -0.493 e. The van der Waals surface area contributed by atoms with Gasteiger partial charge in [-0.25, -0.2) is 0 Å². The zero-order valence-corrected chi connectivity index (χ0v) is 21.9. The minimum absolute atomic E-state index is 0.0614. The van der Waals surface area contributed by atoms with Crippen molar-refractivity contribution >= 4 is 11.8 Å². The molecule has 0 aliphatic carbocycles. The van der Waals surface area contributed by atoms with Gasteiger partial charge in [0.1, 0.15) is 12.6 Å². The molecule has 1 aliphatic heterocycles. The highest BCUT2D eigenvalue weighted by molar-refractivity contribution is 5.95. The number of rotatable bonds is 10. The first kappa shape index (κ1) is 26.9. The SMILES string of the molecule is CCCCCC#CCN1CC(=O)N(C)[C@@H](Cc2ccc(-c3cc(OC)c(OC)c(OC)c3)cc2)C1=O. The third-order valence-corrected chi connectivity index (χ3v) is 6.47. The summed E-state index contributed by atoms with van der Waals surface area (Å²) >= 11 is 0.